The van der Waals surface area contributed by atoms with Gasteiger partial charge >= 0.3 is 0 Å². The highest BCUT2D eigenvalue weighted by Gasteiger charge is 1.98. The van der Waals surface area contributed by atoms with Gasteiger partial charge in [0, 0.05) is 0 Å². The molecule has 1 aromatic carbocycles. The lowest BCUT2D eigenvalue weighted by atomic mass is 10.0. The molecule has 1 rings (SSSR count). The van der Waals surface area contributed by atoms with Crippen molar-refractivity contribution in [3.8, 4) is 5.75 Å². The van der Waals surface area contributed by atoms with Crippen LogP contribution < -0.4 is 5.32 Å². The smallest absolute Gasteiger partial charge is 0.115 e. The average molecular weight is 191 g/mol. The van der Waals surface area contributed by atoms with Gasteiger partial charge in [0.05, 0.1) is 0 Å². The highest BCUT2D eigenvalue weighted by atomic mass is 16.3. The van der Waals surface area contributed by atoms with Crippen molar-refractivity contribution in [3.05, 3.63) is 42.0 Å². The molecule has 2 heteroatoms. The number of aromatic hydroxyl groups is 1. The maximum atomic E-state index is 9.26. The molecule has 14 heavy (non-hydrogen) atoms. The van der Waals surface area contributed by atoms with Gasteiger partial charge in [-0.15, -0.1) is 0 Å². The van der Waals surface area contributed by atoms with Crippen molar-refractivity contribution < 1.29 is 5.11 Å². The third-order valence-electron chi connectivity index (χ3n) is 2.09. The number of hydrogen-bond acceptors (Lipinski definition) is 2. The van der Waals surface area contributed by atoms with Crippen LogP contribution in [0.15, 0.2) is 36.4 Å². The lowest BCUT2D eigenvalue weighted by Gasteiger charge is -2.05. The van der Waals surface area contributed by atoms with Crippen LogP contribution in [0.25, 0.3) is 0 Å². The van der Waals surface area contributed by atoms with E-state index in [4.69, 9.17) is 0 Å². The van der Waals surface area contributed by atoms with Crippen LogP contribution in [0.5, 0.6) is 5.75 Å². The first kappa shape index (κ1) is 10.8. The minimum absolute atomic E-state index is 0.323. The third kappa shape index (κ3) is 3.62. The Morgan fingerprint density at radius 1 is 1.50 bits per heavy atom. The number of benzene rings is 1. The zero-order chi connectivity index (χ0) is 10.4. The third-order valence-corrected chi connectivity index (χ3v) is 2.09. The molecule has 1 aromatic rings. The molecule has 0 saturated carbocycles. The lowest BCUT2D eigenvalue weighted by Crippen LogP contribution is -2.08. The molecular formula is C12H17NO. The SMILES string of the molecule is C=C(CCNC)Cc1cccc(O)c1. The Balaban J connectivity index is 2.47. The minimum atomic E-state index is 0.323. The molecule has 2 nitrogen and oxygen atoms in total. The molecule has 0 amide bonds. The molecule has 0 aliphatic rings. The van der Waals surface area contributed by atoms with Crippen LogP contribution in [0.1, 0.15) is 12.0 Å². The van der Waals surface area contributed by atoms with Crippen molar-refractivity contribution in [2.75, 3.05) is 13.6 Å². The Hall–Kier alpha value is -1.28. The predicted octanol–water partition coefficient (Wildman–Crippen LogP) is 2.10. The standard InChI is InChI=1S/C12H17NO/c1-10(6-7-13-2)8-11-4-3-5-12(14)9-11/h3-5,9,13-14H,1,6-8H2,2H3. The van der Waals surface area contributed by atoms with E-state index in [9.17, 15) is 5.11 Å². The highest BCUT2D eigenvalue weighted by molar-refractivity contribution is 5.29. The van der Waals surface area contributed by atoms with E-state index in [0.717, 1.165) is 24.9 Å². The summed E-state index contributed by atoms with van der Waals surface area (Å²) in [4.78, 5) is 0. The lowest BCUT2D eigenvalue weighted by molar-refractivity contribution is 0.474. The summed E-state index contributed by atoms with van der Waals surface area (Å²) in [6.07, 6.45) is 1.82. The molecule has 2 N–H and O–H groups in total. The summed E-state index contributed by atoms with van der Waals surface area (Å²) in [6.45, 7) is 4.95. The second-order valence-electron chi connectivity index (χ2n) is 3.45. The second-order valence-corrected chi connectivity index (χ2v) is 3.45. The van der Waals surface area contributed by atoms with Crippen LogP contribution >= 0.6 is 0 Å². The Morgan fingerprint density at radius 3 is 2.93 bits per heavy atom. The van der Waals surface area contributed by atoms with Crippen LogP contribution in [0, 0.1) is 0 Å². The molecule has 0 aliphatic carbocycles. The molecule has 0 saturated heterocycles. The molecule has 76 valence electrons. The molecular weight excluding hydrogens is 174 g/mol. The van der Waals surface area contributed by atoms with Crippen LogP contribution in [0.4, 0.5) is 0 Å². The van der Waals surface area contributed by atoms with Crippen LogP contribution in [0.3, 0.4) is 0 Å². The fraction of sp³-hybridized carbons (Fsp3) is 0.333. The van der Waals surface area contributed by atoms with Gasteiger partial charge in [0.25, 0.3) is 0 Å². The van der Waals surface area contributed by atoms with Gasteiger partial charge in [-0.3, -0.25) is 0 Å². The summed E-state index contributed by atoms with van der Waals surface area (Å²) in [7, 11) is 1.93. The number of rotatable bonds is 5. The summed E-state index contributed by atoms with van der Waals surface area (Å²) in [5.41, 5.74) is 2.30. The van der Waals surface area contributed by atoms with E-state index in [1.165, 1.54) is 5.57 Å². The Labute approximate surface area is 85.3 Å². The molecule has 0 unspecified atom stereocenters. The van der Waals surface area contributed by atoms with Gasteiger partial charge in [-0.2, -0.15) is 0 Å². The van der Waals surface area contributed by atoms with Crippen LogP contribution in [-0.4, -0.2) is 18.7 Å². The summed E-state index contributed by atoms with van der Waals surface area (Å²) in [5.74, 6) is 0.323. The predicted molar refractivity (Wildman–Crippen MR) is 59.5 cm³/mol. The van der Waals surface area contributed by atoms with E-state index >= 15 is 0 Å². The zero-order valence-electron chi connectivity index (χ0n) is 8.59. The van der Waals surface area contributed by atoms with Crippen molar-refractivity contribution in [2.45, 2.75) is 12.8 Å². The topological polar surface area (TPSA) is 32.3 Å². The minimum Gasteiger partial charge on any atom is -0.508 e. The molecule has 0 aromatic heterocycles. The van der Waals surface area contributed by atoms with E-state index in [2.05, 4.69) is 11.9 Å². The van der Waals surface area contributed by atoms with Crippen molar-refractivity contribution in [1.82, 2.24) is 5.32 Å². The first-order chi connectivity index (χ1) is 6.72. The summed E-state index contributed by atoms with van der Waals surface area (Å²) in [6, 6.07) is 7.32. The van der Waals surface area contributed by atoms with Crippen molar-refractivity contribution >= 4 is 0 Å². The normalized spacial score (nSPS) is 10.1. The van der Waals surface area contributed by atoms with E-state index in [1.807, 2.05) is 19.2 Å². The molecule has 0 fully saturated rings. The van der Waals surface area contributed by atoms with Gasteiger partial charge in [0.1, 0.15) is 5.75 Å². The van der Waals surface area contributed by atoms with Gasteiger partial charge in [0.2, 0.25) is 0 Å². The fourth-order valence-corrected chi connectivity index (χ4v) is 1.35. The fourth-order valence-electron chi connectivity index (χ4n) is 1.35. The van der Waals surface area contributed by atoms with Crippen molar-refractivity contribution in [2.24, 2.45) is 0 Å². The molecule has 0 spiro atoms. The van der Waals surface area contributed by atoms with E-state index in [-0.39, 0.29) is 0 Å². The van der Waals surface area contributed by atoms with Gasteiger partial charge in [0.15, 0.2) is 0 Å². The highest BCUT2D eigenvalue weighted by Crippen LogP contribution is 2.14. The summed E-state index contributed by atoms with van der Waals surface area (Å²) in [5, 5.41) is 12.3. The first-order valence-corrected chi connectivity index (χ1v) is 4.81. The van der Waals surface area contributed by atoms with Crippen molar-refractivity contribution in [3.63, 3.8) is 0 Å². The molecule has 0 radical (unpaired) electrons. The van der Waals surface area contributed by atoms with Crippen LogP contribution in [-0.2, 0) is 6.42 Å². The number of phenolic OH excluding ortho intramolecular Hbond substituents is 1. The van der Waals surface area contributed by atoms with Crippen LogP contribution in [0.2, 0.25) is 0 Å². The maximum absolute atomic E-state index is 9.26. The van der Waals surface area contributed by atoms with E-state index in [1.54, 1.807) is 12.1 Å². The first-order valence-electron chi connectivity index (χ1n) is 4.81. The van der Waals surface area contributed by atoms with E-state index < -0.39 is 0 Å². The summed E-state index contributed by atoms with van der Waals surface area (Å²) < 4.78 is 0. The van der Waals surface area contributed by atoms with Gasteiger partial charge in [-0.25, -0.2) is 0 Å². The average Bonchev–Trinajstić information content (AvgIpc) is 2.15. The van der Waals surface area contributed by atoms with Gasteiger partial charge < -0.3 is 10.4 Å². The number of phenols is 1. The maximum Gasteiger partial charge on any atom is 0.115 e. The van der Waals surface area contributed by atoms with Gasteiger partial charge in [-0.05, 0) is 44.1 Å². The zero-order valence-corrected chi connectivity index (χ0v) is 8.59. The molecule has 0 atom stereocenters. The number of hydrogen-bond donors (Lipinski definition) is 2. The largest absolute Gasteiger partial charge is 0.508 e. The monoisotopic (exact) mass is 191 g/mol. The summed E-state index contributed by atoms with van der Waals surface area (Å²) >= 11 is 0. The molecule has 0 heterocycles. The quantitative estimate of drug-likeness (QED) is 0.698. The van der Waals surface area contributed by atoms with E-state index in [0.29, 0.717) is 5.75 Å². The number of nitrogens with one attached hydrogen (secondary N) is 1. The Kier molecular flexibility index (Phi) is 4.20. The second kappa shape index (κ2) is 5.45. The Bertz CT molecular complexity index is 307. The molecule has 0 aliphatic heterocycles. The van der Waals surface area contributed by atoms with Gasteiger partial charge in [-0.1, -0.05) is 24.3 Å². The molecule has 0 bridgehead atoms. The Morgan fingerprint density at radius 2 is 2.29 bits per heavy atom. The van der Waals surface area contributed by atoms with Crippen molar-refractivity contribution in [1.29, 1.82) is 0 Å².